The van der Waals surface area contributed by atoms with Gasteiger partial charge in [0, 0.05) is 20.6 Å². The van der Waals surface area contributed by atoms with Gasteiger partial charge >= 0.3 is 6.18 Å². The molecule has 0 atom stereocenters. The largest absolute Gasteiger partial charge is 0.416 e. The third-order valence-corrected chi connectivity index (χ3v) is 7.03. The summed E-state index contributed by atoms with van der Waals surface area (Å²) < 4.78 is 91.9. The number of sulfonamides is 2. The molecule has 2 rings (SSSR count). The smallest absolute Gasteiger partial charge is 0.384 e. The first-order valence-electron chi connectivity index (χ1n) is 8.29. The van der Waals surface area contributed by atoms with Crippen molar-refractivity contribution in [3.63, 3.8) is 0 Å². The van der Waals surface area contributed by atoms with Gasteiger partial charge in [0.15, 0.2) is 0 Å². The SMILES string of the molecule is CCNc1ccc(S(=O)(=O)N(C)C)cc1NS(=O)(=O)c1cccc(C(F)(F)F)c1. The van der Waals surface area contributed by atoms with Crippen molar-refractivity contribution < 1.29 is 30.0 Å². The van der Waals surface area contributed by atoms with Crippen LogP contribution >= 0.6 is 0 Å². The first-order chi connectivity index (χ1) is 13.3. The third-order valence-electron chi connectivity index (χ3n) is 3.85. The topological polar surface area (TPSA) is 95.6 Å². The summed E-state index contributed by atoms with van der Waals surface area (Å²) in [5, 5.41) is 2.88. The van der Waals surface area contributed by atoms with Gasteiger partial charge in [-0.2, -0.15) is 13.2 Å². The molecule has 0 heterocycles. The number of nitrogens with one attached hydrogen (secondary N) is 2. The van der Waals surface area contributed by atoms with Gasteiger partial charge in [-0.25, -0.2) is 21.1 Å². The summed E-state index contributed by atoms with van der Waals surface area (Å²) in [6.07, 6.45) is -4.71. The molecule has 0 saturated carbocycles. The molecular weight excluding hydrogens is 431 g/mol. The average Bonchev–Trinajstić information content (AvgIpc) is 2.62. The highest BCUT2D eigenvalue weighted by Gasteiger charge is 2.32. The molecule has 29 heavy (non-hydrogen) atoms. The Morgan fingerprint density at radius 1 is 0.931 bits per heavy atom. The fourth-order valence-electron chi connectivity index (χ4n) is 2.37. The fraction of sp³-hybridized carbons (Fsp3) is 0.294. The zero-order chi connectivity index (χ0) is 22.0. The van der Waals surface area contributed by atoms with E-state index in [1.54, 1.807) is 6.92 Å². The maximum atomic E-state index is 12.9. The van der Waals surface area contributed by atoms with Crippen LogP contribution in [-0.2, 0) is 26.2 Å². The van der Waals surface area contributed by atoms with Gasteiger partial charge < -0.3 is 5.32 Å². The Labute approximate surface area is 167 Å². The van der Waals surface area contributed by atoms with Gasteiger partial charge in [0.25, 0.3) is 10.0 Å². The van der Waals surface area contributed by atoms with Gasteiger partial charge in [0.1, 0.15) is 0 Å². The molecule has 0 aliphatic rings. The van der Waals surface area contributed by atoms with Crippen molar-refractivity contribution >= 4 is 31.4 Å². The highest BCUT2D eigenvalue weighted by atomic mass is 32.2. The molecule has 12 heteroatoms. The number of hydrogen-bond donors (Lipinski definition) is 2. The van der Waals surface area contributed by atoms with Crippen LogP contribution < -0.4 is 10.0 Å². The third kappa shape index (κ3) is 5.19. The van der Waals surface area contributed by atoms with Gasteiger partial charge in [0.05, 0.1) is 26.7 Å². The van der Waals surface area contributed by atoms with Crippen LogP contribution in [0.3, 0.4) is 0 Å². The van der Waals surface area contributed by atoms with E-state index < -0.39 is 36.7 Å². The Hall–Kier alpha value is -2.31. The van der Waals surface area contributed by atoms with Crippen LogP contribution in [0.1, 0.15) is 12.5 Å². The quantitative estimate of drug-likeness (QED) is 0.674. The van der Waals surface area contributed by atoms with Gasteiger partial charge in [-0.15, -0.1) is 0 Å². The van der Waals surface area contributed by atoms with Crippen LogP contribution in [0.2, 0.25) is 0 Å². The van der Waals surface area contributed by atoms with Crippen LogP contribution in [0.5, 0.6) is 0 Å². The van der Waals surface area contributed by atoms with Crippen molar-refractivity contribution in [3.05, 3.63) is 48.0 Å². The normalized spacial score (nSPS) is 12.8. The summed E-state index contributed by atoms with van der Waals surface area (Å²) in [4.78, 5) is -0.776. The lowest BCUT2D eigenvalue weighted by Gasteiger charge is -2.17. The summed E-state index contributed by atoms with van der Waals surface area (Å²) in [6.45, 7) is 2.15. The van der Waals surface area contributed by atoms with Crippen LogP contribution in [0, 0.1) is 0 Å². The van der Waals surface area contributed by atoms with E-state index in [9.17, 15) is 30.0 Å². The molecule has 0 spiro atoms. The van der Waals surface area contributed by atoms with Crippen molar-refractivity contribution in [2.45, 2.75) is 22.9 Å². The van der Waals surface area contributed by atoms with Crippen LogP contribution in [0.15, 0.2) is 52.3 Å². The molecule has 0 aliphatic carbocycles. The van der Waals surface area contributed by atoms with E-state index in [4.69, 9.17) is 0 Å². The molecule has 160 valence electrons. The number of rotatable bonds is 7. The average molecular weight is 451 g/mol. The van der Waals surface area contributed by atoms with Crippen molar-refractivity contribution in [2.24, 2.45) is 0 Å². The Bertz CT molecular complexity index is 1100. The molecule has 0 aliphatic heterocycles. The van der Waals surface area contributed by atoms with Crippen molar-refractivity contribution in [2.75, 3.05) is 30.7 Å². The maximum Gasteiger partial charge on any atom is 0.416 e. The monoisotopic (exact) mass is 451 g/mol. The summed E-state index contributed by atoms with van der Waals surface area (Å²) in [6, 6.07) is 7.06. The van der Waals surface area contributed by atoms with E-state index in [-0.39, 0.29) is 16.3 Å². The highest BCUT2D eigenvalue weighted by molar-refractivity contribution is 7.92. The molecule has 0 unspecified atom stereocenters. The van der Waals surface area contributed by atoms with E-state index in [0.29, 0.717) is 12.6 Å². The second-order valence-electron chi connectivity index (χ2n) is 6.16. The van der Waals surface area contributed by atoms with Crippen LogP contribution in [-0.4, -0.2) is 41.8 Å². The number of alkyl halides is 3. The van der Waals surface area contributed by atoms with E-state index in [1.807, 2.05) is 0 Å². The number of anilines is 2. The van der Waals surface area contributed by atoms with Crippen LogP contribution in [0.25, 0.3) is 0 Å². The van der Waals surface area contributed by atoms with E-state index in [0.717, 1.165) is 28.6 Å². The predicted octanol–water partition coefficient (Wildman–Crippen LogP) is 3.19. The molecule has 2 aromatic carbocycles. The van der Waals surface area contributed by atoms with Crippen LogP contribution in [0.4, 0.5) is 24.5 Å². The van der Waals surface area contributed by atoms with Gasteiger partial charge in [0.2, 0.25) is 10.0 Å². The molecular formula is C17H20F3N3O4S2. The van der Waals surface area contributed by atoms with Gasteiger partial charge in [-0.05, 0) is 43.3 Å². The summed E-state index contributed by atoms with van der Waals surface area (Å²) in [7, 11) is -5.63. The maximum absolute atomic E-state index is 12.9. The van der Waals surface area contributed by atoms with E-state index in [1.165, 1.54) is 26.2 Å². The zero-order valence-corrected chi connectivity index (χ0v) is 17.4. The number of halogens is 3. The minimum absolute atomic E-state index is 0.104. The minimum Gasteiger partial charge on any atom is -0.384 e. The van der Waals surface area contributed by atoms with Gasteiger partial charge in [-0.3, -0.25) is 4.72 Å². The second-order valence-corrected chi connectivity index (χ2v) is 9.99. The first-order valence-corrected chi connectivity index (χ1v) is 11.2. The summed E-state index contributed by atoms with van der Waals surface area (Å²) in [5.74, 6) is 0. The number of hydrogen-bond acceptors (Lipinski definition) is 5. The first kappa shape index (κ1) is 23.0. The lowest BCUT2D eigenvalue weighted by atomic mass is 10.2. The summed E-state index contributed by atoms with van der Waals surface area (Å²) in [5.41, 5.74) is -0.941. The molecule has 0 amide bonds. The Morgan fingerprint density at radius 3 is 2.14 bits per heavy atom. The zero-order valence-electron chi connectivity index (χ0n) is 15.8. The van der Waals surface area contributed by atoms with Gasteiger partial charge in [-0.1, -0.05) is 6.07 Å². The lowest BCUT2D eigenvalue weighted by molar-refractivity contribution is -0.137. The number of benzene rings is 2. The second kappa shape index (κ2) is 8.20. The molecule has 7 nitrogen and oxygen atoms in total. The molecule has 2 aromatic rings. The van der Waals surface area contributed by atoms with E-state index in [2.05, 4.69) is 10.0 Å². The molecule has 0 aromatic heterocycles. The summed E-state index contributed by atoms with van der Waals surface area (Å²) >= 11 is 0. The predicted molar refractivity (Wildman–Crippen MR) is 104 cm³/mol. The highest BCUT2D eigenvalue weighted by Crippen LogP contribution is 2.32. The standard InChI is InChI=1S/C17H20F3N3O4S2/c1-4-21-15-9-8-14(29(26,27)23(2)3)11-16(15)22-28(24,25)13-7-5-6-12(10-13)17(18,19)20/h5-11,21-22H,4H2,1-3H3. The molecule has 0 saturated heterocycles. The number of nitrogens with zero attached hydrogens (tertiary/aromatic N) is 1. The minimum atomic E-state index is -4.71. The Morgan fingerprint density at radius 2 is 1.59 bits per heavy atom. The Kier molecular flexibility index (Phi) is 6.50. The van der Waals surface area contributed by atoms with E-state index >= 15 is 0 Å². The lowest BCUT2D eigenvalue weighted by Crippen LogP contribution is -2.23. The molecule has 0 radical (unpaired) electrons. The molecule has 0 fully saturated rings. The van der Waals surface area contributed by atoms with Crippen molar-refractivity contribution in [3.8, 4) is 0 Å². The molecule has 0 bridgehead atoms. The van der Waals surface area contributed by atoms with Crippen molar-refractivity contribution in [1.29, 1.82) is 0 Å². The Balaban J connectivity index is 2.54. The fourth-order valence-corrected chi connectivity index (χ4v) is 4.41. The molecule has 2 N–H and O–H groups in total. The van der Waals surface area contributed by atoms with Crippen molar-refractivity contribution in [1.82, 2.24) is 4.31 Å².